The molecule has 6 nitrogen and oxygen atoms in total. The van der Waals surface area contributed by atoms with Crippen LogP contribution in [0.2, 0.25) is 0 Å². The number of ether oxygens (including phenoxy) is 2. The van der Waals surface area contributed by atoms with E-state index in [1.165, 1.54) is 11.5 Å². The Morgan fingerprint density at radius 2 is 2.40 bits per heavy atom. The van der Waals surface area contributed by atoms with Crippen molar-refractivity contribution >= 4 is 21.7 Å². The number of hydrogen-bond acceptors (Lipinski definition) is 6. The van der Waals surface area contributed by atoms with Gasteiger partial charge in [0.2, 0.25) is 0 Å². The lowest BCUT2D eigenvalue weighted by Crippen LogP contribution is -2.49. The van der Waals surface area contributed by atoms with Crippen LogP contribution in [0.3, 0.4) is 0 Å². The maximum atomic E-state index is 12.5. The lowest BCUT2D eigenvalue weighted by molar-refractivity contribution is -0.201. The molecule has 2 fully saturated rings. The van der Waals surface area contributed by atoms with Crippen molar-refractivity contribution in [3.63, 3.8) is 0 Å². The van der Waals surface area contributed by atoms with Gasteiger partial charge in [0, 0.05) is 0 Å². The quantitative estimate of drug-likeness (QED) is 0.830. The van der Waals surface area contributed by atoms with E-state index < -0.39 is 0 Å². The molecule has 0 bridgehead atoms. The van der Waals surface area contributed by atoms with Crippen molar-refractivity contribution in [1.29, 1.82) is 0 Å². The zero-order chi connectivity index (χ0) is 13.7. The van der Waals surface area contributed by atoms with Gasteiger partial charge in [-0.25, -0.2) is 4.98 Å². The van der Waals surface area contributed by atoms with Gasteiger partial charge in [0.1, 0.15) is 5.60 Å². The molecule has 2 aliphatic heterocycles. The molecular formula is C13H15N3O3S. The van der Waals surface area contributed by atoms with Crippen LogP contribution in [0.1, 0.15) is 18.5 Å². The van der Waals surface area contributed by atoms with Crippen molar-refractivity contribution in [2.45, 2.75) is 38.0 Å². The molecular weight excluding hydrogens is 278 g/mol. The summed E-state index contributed by atoms with van der Waals surface area (Å²) in [7, 11) is 0. The predicted octanol–water partition coefficient (Wildman–Crippen LogP) is 1.11. The minimum atomic E-state index is -0.0777. The fraction of sp³-hybridized carbons (Fsp3) is 0.615. The third-order valence-corrected chi connectivity index (χ3v) is 4.95. The number of rotatable bonds is 2. The molecule has 1 unspecified atom stereocenters. The molecule has 2 aromatic rings. The van der Waals surface area contributed by atoms with Crippen molar-refractivity contribution in [3.8, 4) is 0 Å². The fourth-order valence-corrected chi connectivity index (χ4v) is 3.66. The summed E-state index contributed by atoms with van der Waals surface area (Å²) in [6.07, 6.45) is 3.66. The first-order valence-corrected chi connectivity index (χ1v) is 7.51. The first kappa shape index (κ1) is 12.4. The number of aromatic nitrogens is 3. The standard InChI is InChI=1S/C13H15N3O3S/c1-8-10-11(20-15-8)14-7-16(12(10)17)4-9-2-3-13(19-9)5-18-6-13/h7,9H,2-6H2,1H3. The Balaban J connectivity index is 1.61. The van der Waals surface area contributed by atoms with E-state index in [4.69, 9.17) is 9.47 Å². The molecule has 0 N–H and O–H groups in total. The van der Waals surface area contributed by atoms with E-state index in [9.17, 15) is 4.79 Å². The number of aryl methyl sites for hydroxylation is 1. The lowest BCUT2D eigenvalue weighted by Gasteiger charge is -2.37. The van der Waals surface area contributed by atoms with Gasteiger partial charge in [0.15, 0.2) is 4.83 Å². The van der Waals surface area contributed by atoms with Crippen molar-refractivity contribution in [3.05, 3.63) is 22.4 Å². The third kappa shape index (κ3) is 1.81. The second kappa shape index (κ2) is 4.34. The predicted molar refractivity (Wildman–Crippen MR) is 74.1 cm³/mol. The SMILES string of the molecule is Cc1nsc2ncn(CC3CCC4(COC4)O3)c(=O)c12. The minimum Gasteiger partial charge on any atom is -0.375 e. The molecule has 0 amide bonds. The average molecular weight is 293 g/mol. The maximum absolute atomic E-state index is 12.5. The first-order valence-electron chi connectivity index (χ1n) is 6.74. The van der Waals surface area contributed by atoms with Gasteiger partial charge in [-0.2, -0.15) is 4.37 Å². The van der Waals surface area contributed by atoms with Crippen LogP contribution in [-0.2, 0) is 16.0 Å². The van der Waals surface area contributed by atoms with Crippen LogP contribution in [0, 0.1) is 6.92 Å². The van der Waals surface area contributed by atoms with Crippen LogP contribution in [0.25, 0.3) is 10.2 Å². The van der Waals surface area contributed by atoms with Gasteiger partial charge >= 0.3 is 0 Å². The highest BCUT2D eigenvalue weighted by atomic mass is 32.1. The van der Waals surface area contributed by atoms with Crippen LogP contribution in [0.4, 0.5) is 0 Å². The van der Waals surface area contributed by atoms with Crippen LogP contribution in [0.15, 0.2) is 11.1 Å². The smallest absolute Gasteiger partial charge is 0.264 e. The summed E-state index contributed by atoms with van der Waals surface area (Å²) < 4.78 is 17.1. The van der Waals surface area contributed by atoms with E-state index >= 15 is 0 Å². The van der Waals surface area contributed by atoms with E-state index in [0.717, 1.165) is 18.5 Å². The van der Waals surface area contributed by atoms with Gasteiger partial charge in [-0.3, -0.25) is 9.36 Å². The molecule has 106 valence electrons. The summed E-state index contributed by atoms with van der Waals surface area (Å²) in [5, 5.41) is 0.636. The van der Waals surface area contributed by atoms with Crippen molar-refractivity contribution in [1.82, 2.24) is 13.9 Å². The number of nitrogens with zero attached hydrogens (tertiary/aromatic N) is 3. The summed E-state index contributed by atoms with van der Waals surface area (Å²) in [6, 6.07) is 0. The second-order valence-electron chi connectivity index (χ2n) is 5.60. The van der Waals surface area contributed by atoms with Crippen LogP contribution in [-0.4, -0.2) is 38.8 Å². The minimum absolute atomic E-state index is 0.0179. The Bertz CT molecular complexity index is 719. The Morgan fingerprint density at radius 1 is 1.55 bits per heavy atom. The summed E-state index contributed by atoms with van der Waals surface area (Å²) in [5.41, 5.74) is 0.662. The molecule has 2 aliphatic rings. The van der Waals surface area contributed by atoms with Gasteiger partial charge in [0.25, 0.3) is 5.56 Å². The molecule has 4 rings (SSSR count). The zero-order valence-electron chi connectivity index (χ0n) is 11.2. The molecule has 20 heavy (non-hydrogen) atoms. The van der Waals surface area contributed by atoms with Crippen molar-refractivity contribution < 1.29 is 9.47 Å². The number of fused-ring (bicyclic) bond motifs is 1. The van der Waals surface area contributed by atoms with E-state index in [2.05, 4.69) is 9.36 Å². The third-order valence-electron chi connectivity index (χ3n) is 4.10. The van der Waals surface area contributed by atoms with E-state index in [0.29, 0.717) is 30.0 Å². The molecule has 2 aromatic heterocycles. The van der Waals surface area contributed by atoms with Gasteiger partial charge in [-0.05, 0) is 31.3 Å². The number of hydrogen-bond donors (Lipinski definition) is 0. The molecule has 0 saturated carbocycles. The largest absolute Gasteiger partial charge is 0.375 e. The van der Waals surface area contributed by atoms with Crippen molar-refractivity contribution in [2.75, 3.05) is 13.2 Å². The Kier molecular flexibility index (Phi) is 2.70. The zero-order valence-corrected chi connectivity index (χ0v) is 12.0. The van der Waals surface area contributed by atoms with Crippen LogP contribution in [0.5, 0.6) is 0 Å². The average Bonchev–Trinajstić information content (AvgIpc) is 2.97. The van der Waals surface area contributed by atoms with Crippen molar-refractivity contribution in [2.24, 2.45) is 0 Å². The summed E-state index contributed by atoms with van der Waals surface area (Å²) >= 11 is 1.27. The summed E-state index contributed by atoms with van der Waals surface area (Å²) in [5.74, 6) is 0. The molecule has 1 spiro atoms. The summed E-state index contributed by atoms with van der Waals surface area (Å²) in [4.78, 5) is 17.5. The highest BCUT2D eigenvalue weighted by molar-refractivity contribution is 7.12. The lowest BCUT2D eigenvalue weighted by atomic mass is 9.98. The first-order chi connectivity index (χ1) is 9.67. The maximum Gasteiger partial charge on any atom is 0.264 e. The van der Waals surface area contributed by atoms with Crippen LogP contribution >= 0.6 is 11.5 Å². The second-order valence-corrected chi connectivity index (χ2v) is 6.36. The Morgan fingerprint density at radius 3 is 3.10 bits per heavy atom. The van der Waals surface area contributed by atoms with Gasteiger partial charge in [-0.15, -0.1) is 0 Å². The molecule has 0 radical (unpaired) electrons. The highest BCUT2D eigenvalue weighted by Crippen LogP contribution is 2.36. The monoisotopic (exact) mass is 293 g/mol. The molecule has 0 aromatic carbocycles. The van der Waals surface area contributed by atoms with Gasteiger partial charge in [-0.1, -0.05) is 0 Å². The van der Waals surface area contributed by atoms with E-state index in [1.807, 2.05) is 6.92 Å². The van der Waals surface area contributed by atoms with E-state index in [1.54, 1.807) is 10.9 Å². The van der Waals surface area contributed by atoms with Gasteiger partial charge < -0.3 is 9.47 Å². The molecule has 0 aliphatic carbocycles. The Hall–Kier alpha value is -1.31. The molecule has 7 heteroatoms. The van der Waals surface area contributed by atoms with E-state index in [-0.39, 0.29) is 17.3 Å². The molecule has 2 saturated heterocycles. The molecule has 1 atom stereocenters. The van der Waals surface area contributed by atoms with Crippen LogP contribution < -0.4 is 5.56 Å². The fourth-order valence-electron chi connectivity index (χ4n) is 2.93. The summed E-state index contributed by atoms with van der Waals surface area (Å²) in [6.45, 7) is 3.77. The van der Waals surface area contributed by atoms with Gasteiger partial charge in [0.05, 0.1) is 43.3 Å². The molecule has 4 heterocycles. The topological polar surface area (TPSA) is 66.2 Å². The Labute approximate surface area is 119 Å². The normalized spacial score (nSPS) is 24.4. The highest BCUT2D eigenvalue weighted by Gasteiger charge is 2.46.